The third kappa shape index (κ3) is 2.76. The van der Waals surface area contributed by atoms with E-state index in [1.165, 1.54) is 0 Å². The number of nitrogens with zero attached hydrogens (tertiary/aromatic N) is 1. The van der Waals surface area contributed by atoms with Crippen LogP contribution in [-0.2, 0) is 0 Å². The Morgan fingerprint density at radius 2 is 1.75 bits per heavy atom. The second-order valence-corrected chi connectivity index (χ2v) is 7.21. The number of rotatable bonds is 3. The van der Waals surface area contributed by atoms with Crippen molar-refractivity contribution >= 4 is 26.7 Å². The molecule has 0 spiro atoms. The van der Waals surface area contributed by atoms with Crippen LogP contribution in [-0.4, -0.2) is 14.2 Å². The fourth-order valence-corrected chi connectivity index (χ4v) is 4.15. The number of ether oxygens (including phenoxy) is 3. The molecule has 1 aliphatic rings. The summed E-state index contributed by atoms with van der Waals surface area (Å²) in [5.74, 6) is 1.55. The molecular weight excluding hydrogens is 420 g/mol. The Labute approximate surface area is 171 Å². The van der Waals surface area contributed by atoms with E-state index in [2.05, 4.69) is 22.0 Å². The van der Waals surface area contributed by atoms with Crippen LogP contribution in [0.2, 0.25) is 0 Å². The van der Waals surface area contributed by atoms with Crippen LogP contribution in [0.1, 0.15) is 17.0 Å². The Morgan fingerprint density at radius 3 is 2.46 bits per heavy atom. The first kappa shape index (κ1) is 18.2. The Hall–Kier alpha value is -3.17. The van der Waals surface area contributed by atoms with Gasteiger partial charge in [0.15, 0.2) is 11.5 Å². The highest BCUT2D eigenvalue weighted by atomic mass is 79.9. The van der Waals surface area contributed by atoms with Crippen molar-refractivity contribution < 1.29 is 14.2 Å². The molecule has 5 nitrogen and oxygen atoms in total. The number of hydrogen-bond donors (Lipinski definition) is 1. The zero-order valence-corrected chi connectivity index (χ0v) is 16.9. The predicted molar refractivity (Wildman–Crippen MR) is 110 cm³/mol. The first-order valence-electron chi connectivity index (χ1n) is 8.59. The number of halogens is 1. The van der Waals surface area contributed by atoms with Crippen molar-refractivity contribution in [2.24, 2.45) is 5.73 Å². The lowest BCUT2D eigenvalue weighted by atomic mass is 9.82. The molecular formula is C22H17BrN2O3. The van der Waals surface area contributed by atoms with Crippen LogP contribution in [0.3, 0.4) is 0 Å². The van der Waals surface area contributed by atoms with Crippen molar-refractivity contribution in [2.75, 3.05) is 14.2 Å². The van der Waals surface area contributed by atoms with Crippen LogP contribution in [0.4, 0.5) is 0 Å². The van der Waals surface area contributed by atoms with Gasteiger partial charge >= 0.3 is 0 Å². The van der Waals surface area contributed by atoms with Crippen LogP contribution >= 0.6 is 15.9 Å². The van der Waals surface area contributed by atoms with Gasteiger partial charge in [0.2, 0.25) is 5.88 Å². The molecule has 1 heterocycles. The summed E-state index contributed by atoms with van der Waals surface area (Å²) in [7, 11) is 3.16. The third-order valence-electron chi connectivity index (χ3n) is 4.92. The van der Waals surface area contributed by atoms with E-state index in [9.17, 15) is 5.26 Å². The second kappa shape index (κ2) is 7.10. The zero-order chi connectivity index (χ0) is 19.8. The van der Waals surface area contributed by atoms with E-state index in [1.807, 2.05) is 48.5 Å². The largest absolute Gasteiger partial charge is 0.493 e. The summed E-state index contributed by atoms with van der Waals surface area (Å²) in [6, 6.07) is 17.8. The monoisotopic (exact) mass is 436 g/mol. The number of nitriles is 1. The van der Waals surface area contributed by atoms with Crippen LogP contribution in [0.25, 0.3) is 10.8 Å². The fraction of sp³-hybridized carbons (Fsp3) is 0.136. The molecule has 0 saturated heterocycles. The molecule has 3 aromatic carbocycles. The molecule has 2 N–H and O–H groups in total. The van der Waals surface area contributed by atoms with Gasteiger partial charge < -0.3 is 19.9 Å². The molecule has 1 aliphatic heterocycles. The second-order valence-electron chi connectivity index (χ2n) is 6.36. The van der Waals surface area contributed by atoms with Crippen molar-refractivity contribution in [1.29, 1.82) is 5.26 Å². The molecule has 0 fully saturated rings. The van der Waals surface area contributed by atoms with Gasteiger partial charge in [0.05, 0.1) is 20.1 Å². The Kier molecular flexibility index (Phi) is 4.62. The lowest BCUT2D eigenvalue weighted by Crippen LogP contribution is -2.21. The van der Waals surface area contributed by atoms with Gasteiger partial charge in [-0.2, -0.15) is 5.26 Å². The van der Waals surface area contributed by atoms with Gasteiger partial charge in [-0.05, 0) is 23.1 Å². The molecule has 0 unspecified atom stereocenters. The summed E-state index contributed by atoms with van der Waals surface area (Å²) < 4.78 is 17.5. The van der Waals surface area contributed by atoms with Gasteiger partial charge in [-0.15, -0.1) is 0 Å². The number of benzene rings is 3. The molecule has 0 saturated carbocycles. The average Bonchev–Trinajstić information content (AvgIpc) is 2.72. The van der Waals surface area contributed by atoms with Crippen LogP contribution in [0.5, 0.6) is 17.2 Å². The summed E-state index contributed by atoms with van der Waals surface area (Å²) in [4.78, 5) is 0. The first-order valence-corrected chi connectivity index (χ1v) is 9.39. The average molecular weight is 437 g/mol. The molecule has 0 amide bonds. The SMILES string of the molecule is COc1cc(Br)c([C@@H]2C(C#N)=C(N)Oc3c2ccc2ccccc32)cc1OC. The van der Waals surface area contributed by atoms with Crippen molar-refractivity contribution in [3.05, 3.63) is 75.6 Å². The van der Waals surface area contributed by atoms with E-state index >= 15 is 0 Å². The molecule has 4 rings (SSSR count). The molecule has 6 heteroatoms. The minimum absolute atomic E-state index is 0.109. The lowest BCUT2D eigenvalue weighted by molar-refractivity contribution is 0.354. The van der Waals surface area contributed by atoms with E-state index in [-0.39, 0.29) is 5.88 Å². The summed E-state index contributed by atoms with van der Waals surface area (Å²) >= 11 is 3.62. The van der Waals surface area contributed by atoms with Crippen molar-refractivity contribution in [3.8, 4) is 23.3 Å². The molecule has 3 aromatic rings. The van der Waals surface area contributed by atoms with Crippen LogP contribution < -0.4 is 19.9 Å². The number of hydrogen-bond acceptors (Lipinski definition) is 5. The number of methoxy groups -OCH3 is 2. The molecule has 1 atom stereocenters. The number of allylic oxidation sites excluding steroid dienone is 1. The minimum Gasteiger partial charge on any atom is -0.493 e. The molecule has 140 valence electrons. The van der Waals surface area contributed by atoms with Crippen LogP contribution in [0, 0.1) is 11.3 Å². The van der Waals surface area contributed by atoms with E-state index in [0.717, 1.165) is 26.4 Å². The molecule has 0 bridgehead atoms. The van der Waals surface area contributed by atoms with E-state index in [0.29, 0.717) is 22.8 Å². The van der Waals surface area contributed by atoms with E-state index in [1.54, 1.807) is 14.2 Å². The van der Waals surface area contributed by atoms with E-state index < -0.39 is 5.92 Å². The Balaban J connectivity index is 2.02. The molecule has 0 aromatic heterocycles. The van der Waals surface area contributed by atoms with Gasteiger partial charge in [0, 0.05) is 15.4 Å². The van der Waals surface area contributed by atoms with E-state index in [4.69, 9.17) is 19.9 Å². The van der Waals surface area contributed by atoms with Gasteiger partial charge in [-0.3, -0.25) is 0 Å². The topological polar surface area (TPSA) is 77.5 Å². The smallest absolute Gasteiger partial charge is 0.205 e. The predicted octanol–water partition coefficient (Wildman–Crippen LogP) is 4.84. The standard InChI is InChI=1S/C22H17BrN2O3/c1-26-18-9-15(17(23)10-19(18)27-2)20-14-8-7-12-5-3-4-6-13(12)21(14)28-22(25)16(20)11-24/h3-10,20H,25H2,1-2H3/t20-/m1/s1. The normalized spacial score (nSPS) is 15.6. The summed E-state index contributed by atoms with van der Waals surface area (Å²) in [6.07, 6.45) is 0. The highest BCUT2D eigenvalue weighted by Gasteiger charge is 2.33. The van der Waals surface area contributed by atoms with Crippen LogP contribution in [0.15, 0.2) is 64.5 Å². The maximum atomic E-state index is 9.81. The highest BCUT2D eigenvalue weighted by Crippen LogP contribution is 2.48. The first-order chi connectivity index (χ1) is 13.6. The van der Waals surface area contributed by atoms with Crippen molar-refractivity contribution in [3.63, 3.8) is 0 Å². The minimum atomic E-state index is -0.396. The zero-order valence-electron chi connectivity index (χ0n) is 15.3. The van der Waals surface area contributed by atoms with Crippen molar-refractivity contribution in [1.82, 2.24) is 0 Å². The maximum Gasteiger partial charge on any atom is 0.205 e. The molecule has 0 aliphatic carbocycles. The maximum absolute atomic E-state index is 9.81. The quantitative estimate of drug-likeness (QED) is 0.635. The van der Waals surface area contributed by atoms with Gasteiger partial charge in [-0.25, -0.2) is 0 Å². The fourth-order valence-electron chi connectivity index (χ4n) is 3.60. The van der Waals surface area contributed by atoms with Gasteiger partial charge in [-0.1, -0.05) is 52.3 Å². The van der Waals surface area contributed by atoms with Crippen molar-refractivity contribution in [2.45, 2.75) is 5.92 Å². The molecule has 28 heavy (non-hydrogen) atoms. The summed E-state index contributed by atoms with van der Waals surface area (Å²) in [5.41, 5.74) is 8.24. The van der Waals surface area contributed by atoms with Gasteiger partial charge in [0.1, 0.15) is 17.4 Å². The summed E-state index contributed by atoms with van der Waals surface area (Å²) in [6.45, 7) is 0. The van der Waals surface area contributed by atoms with Gasteiger partial charge in [0.25, 0.3) is 0 Å². The third-order valence-corrected chi connectivity index (χ3v) is 5.61. The molecule has 0 radical (unpaired) electrons. The Bertz CT molecular complexity index is 1160. The lowest BCUT2D eigenvalue weighted by Gasteiger charge is -2.28. The number of nitrogens with two attached hydrogens (primary N) is 1. The number of fused-ring (bicyclic) bond motifs is 3. The Morgan fingerprint density at radius 1 is 1.04 bits per heavy atom. The summed E-state index contributed by atoms with van der Waals surface area (Å²) in [5, 5.41) is 11.8. The highest BCUT2D eigenvalue weighted by molar-refractivity contribution is 9.10.